The van der Waals surface area contributed by atoms with E-state index in [1.807, 2.05) is 85.9 Å². The Morgan fingerprint density at radius 2 is 1.81 bits per heavy atom. The average Bonchev–Trinajstić information content (AvgIpc) is 2.80. The number of quaternary nitrogens is 1. The molecule has 160 valence electrons. The van der Waals surface area contributed by atoms with Crippen molar-refractivity contribution in [1.82, 2.24) is 0 Å². The summed E-state index contributed by atoms with van der Waals surface area (Å²) in [5.74, 6) is 2.10. The SMILES string of the molecule is COc1cccc(NC(=O)[C@H](c2ccccc2)[NH+](C)C[C@H]2COc3ccccc3O2)c1. The van der Waals surface area contributed by atoms with Crippen LogP contribution in [0.5, 0.6) is 17.2 Å². The lowest BCUT2D eigenvalue weighted by molar-refractivity contribution is -0.904. The molecular weight excluding hydrogens is 392 g/mol. The van der Waals surface area contributed by atoms with Gasteiger partial charge in [-0.1, -0.05) is 48.5 Å². The van der Waals surface area contributed by atoms with Crippen LogP contribution in [0.4, 0.5) is 5.69 Å². The maximum absolute atomic E-state index is 13.3. The molecule has 0 saturated carbocycles. The van der Waals surface area contributed by atoms with Crippen molar-refractivity contribution in [2.75, 3.05) is 32.6 Å². The first-order valence-corrected chi connectivity index (χ1v) is 10.3. The van der Waals surface area contributed by atoms with E-state index in [-0.39, 0.29) is 12.0 Å². The van der Waals surface area contributed by atoms with E-state index < -0.39 is 6.04 Å². The number of fused-ring (bicyclic) bond motifs is 1. The Balaban J connectivity index is 1.51. The molecule has 0 fully saturated rings. The number of hydrogen-bond donors (Lipinski definition) is 2. The van der Waals surface area contributed by atoms with Gasteiger partial charge < -0.3 is 24.4 Å². The average molecular weight is 420 g/mol. The van der Waals surface area contributed by atoms with Crippen molar-refractivity contribution in [1.29, 1.82) is 0 Å². The van der Waals surface area contributed by atoms with Gasteiger partial charge in [-0.15, -0.1) is 0 Å². The Morgan fingerprint density at radius 3 is 2.58 bits per heavy atom. The monoisotopic (exact) mass is 419 g/mol. The van der Waals surface area contributed by atoms with E-state index in [1.165, 1.54) is 0 Å². The molecule has 3 atom stereocenters. The molecule has 0 aromatic heterocycles. The molecule has 2 N–H and O–H groups in total. The minimum atomic E-state index is -0.409. The molecule has 0 bridgehead atoms. The second-order valence-corrected chi connectivity index (χ2v) is 7.61. The third kappa shape index (κ3) is 4.98. The van der Waals surface area contributed by atoms with Crippen molar-refractivity contribution < 1.29 is 23.9 Å². The Hall–Kier alpha value is -3.51. The molecule has 1 heterocycles. The molecule has 1 aliphatic rings. The summed E-state index contributed by atoms with van der Waals surface area (Å²) in [6.45, 7) is 1.06. The summed E-state index contributed by atoms with van der Waals surface area (Å²) in [5.41, 5.74) is 1.64. The normalized spacial score (nSPS) is 16.8. The van der Waals surface area contributed by atoms with Gasteiger partial charge >= 0.3 is 0 Å². The summed E-state index contributed by atoms with van der Waals surface area (Å²) >= 11 is 0. The van der Waals surface area contributed by atoms with Gasteiger partial charge in [-0.3, -0.25) is 4.79 Å². The number of carbonyl (C=O) groups excluding carboxylic acids is 1. The van der Waals surface area contributed by atoms with E-state index in [4.69, 9.17) is 14.2 Å². The quantitative estimate of drug-likeness (QED) is 0.618. The highest BCUT2D eigenvalue weighted by Gasteiger charge is 2.33. The fourth-order valence-corrected chi connectivity index (χ4v) is 3.86. The number of para-hydroxylation sites is 2. The number of anilines is 1. The molecule has 1 amide bonds. The third-order valence-corrected chi connectivity index (χ3v) is 5.34. The minimum absolute atomic E-state index is 0.0888. The molecule has 6 heteroatoms. The van der Waals surface area contributed by atoms with Gasteiger partial charge in [-0.2, -0.15) is 0 Å². The fourth-order valence-electron chi connectivity index (χ4n) is 3.86. The molecule has 3 aromatic carbocycles. The second-order valence-electron chi connectivity index (χ2n) is 7.61. The second kappa shape index (κ2) is 9.53. The topological polar surface area (TPSA) is 61.2 Å². The predicted octanol–water partition coefficient (Wildman–Crippen LogP) is 2.73. The molecule has 0 aliphatic carbocycles. The molecule has 3 aromatic rings. The maximum atomic E-state index is 13.3. The molecule has 4 rings (SSSR count). The van der Waals surface area contributed by atoms with Crippen LogP contribution in [0.3, 0.4) is 0 Å². The minimum Gasteiger partial charge on any atom is -0.497 e. The van der Waals surface area contributed by atoms with Crippen LogP contribution in [0.1, 0.15) is 11.6 Å². The zero-order valence-electron chi connectivity index (χ0n) is 17.7. The Kier molecular flexibility index (Phi) is 6.38. The molecule has 1 aliphatic heterocycles. The lowest BCUT2D eigenvalue weighted by atomic mass is 10.0. The number of ether oxygens (including phenoxy) is 3. The van der Waals surface area contributed by atoms with Crippen LogP contribution in [0.15, 0.2) is 78.9 Å². The first-order chi connectivity index (χ1) is 15.1. The standard InChI is InChI=1S/C25H26N2O4/c1-27(16-21-17-30-22-13-6-7-14-23(22)31-21)24(18-9-4-3-5-10-18)25(28)26-19-11-8-12-20(15-19)29-2/h3-15,21,24H,16-17H2,1-2H3,(H,26,28)/p+1/t21-,24-/m0/s1. The Bertz CT molecular complexity index is 1020. The molecule has 6 nitrogen and oxygen atoms in total. The van der Waals surface area contributed by atoms with Gasteiger partial charge in [0.05, 0.1) is 14.2 Å². The zero-order valence-corrected chi connectivity index (χ0v) is 17.7. The number of rotatable bonds is 7. The van der Waals surface area contributed by atoms with Crippen molar-refractivity contribution in [3.63, 3.8) is 0 Å². The van der Waals surface area contributed by atoms with Crippen molar-refractivity contribution >= 4 is 11.6 Å². The number of methoxy groups -OCH3 is 1. The van der Waals surface area contributed by atoms with Crippen LogP contribution in [-0.4, -0.2) is 39.3 Å². The maximum Gasteiger partial charge on any atom is 0.287 e. The van der Waals surface area contributed by atoms with Crippen LogP contribution in [0, 0.1) is 0 Å². The summed E-state index contributed by atoms with van der Waals surface area (Å²) in [7, 11) is 3.61. The highest BCUT2D eigenvalue weighted by molar-refractivity contribution is 5.94. The molecule has 1 unspecified atom stereocenters. The highest BCUT2D eigenvalue weighted by Crippen LogP contribution is 2.30. The van der Waals surface area contributed by atoms with Gasteiger partial charge in [0.2, 0.25) is 0 Å². The molecule has 0 spiro atoms. The van der Waals surface area contributed by atoms with Gasteiger partial charge in [0.25, 0.3) is 5.91 Å². The fraction of sp³-hybridized carbons (Fsp3) is 0.240. The first kappa shape index (κ1) is 20.8. The molecule has 31 heavy (non-hydrogen) atoms. The lowest BCUT2D eigenvalue weighted by Crippen LogP contribution is -3.12. The van der Waals surface area contributed by atoms with Crippen molar-refractivity contribution in [2.45, 2.75) is 12.1 Å². The van der Waals surface area contributed by atoms with E-state index in [2.05, 4.69) is 5.32 Å². The van der Waals surface area contributed by atoms with E-state index in [1.54, 1.807) is 7.11 Å². The number of nitrogens with one attached hydrogen (secondary N) is 2. The summed E-state index contributed by atoms with van der Waals surface area (Å²) in [6.07, 6.45) is -0.147. The summed E-state index contributed by atoms with van der Waals surface area (Å²) in [4.78, 5) is 14.4. The summed E-state index contributed by atoms with van der Waals surface area (Å²) in [6, 6.07) is 24.4. The van der Waals surface area contributed by atoms with Gasteiger partial charge in [0, 0.05) is 17.3 Å². The lowest BCUT2D eigenvalue weighted by Gasteiger charge is -2.31. The van der Waals surface area contributed by atoms with Gasteiger partial charge in [-0.05, 0) is 24.3 Å². The smallest absolute Gasteiger partial charge is 0.287 e. The first-order valence-electron chi connectivity index (χ1n) is 10.3. The molecular formula is C25H27N2O4+. The van der Waals surface area contributed by atoms with Crippen molar-refractivity contribution in [2.24, 2.45) is 0 Å². The van der Waals surface area contributed by atoms with Crippen LogP contribution in [0.25, 0.3) is 0 Å². The van der Waals surface area contributed by atoms with E-state index in [0.29, 0.717) is 24.6 Å². The number of benzene rings is 3. The number of amides is 1. The van der Waals surface area contributed by atoms with Crippen LogP contribution < -0.4 is 24.4 Å². The van der Waals surface area contributed by atoms with Crippen molar-refractivity contribution in [3.05, 3.63) is 84.4 Å². The van der Waals surface area contributed by atoms with E-state index in [0.717, 1.165) is 22.0 Å². The van der Waals surface area contributed by atoms with Crippen LogP contribution >= 0.6 is 0 Å². The number of likely N-dealkylation sites (N-methyl/N-ethyl adjacent to an activating group) is 1. The van der Waals surface area contributed by atoms with Crippen molar-refractivity contribution in [3.8, 4) is 17.2 Å². The largest absolute Gasteiger partial charge is 0.497 e. The van der Waals surface area contributed by atoms with E-state index in [9.17, 15) is 4.79 Å². The zero-order chi connectivity index (χ0) is 21.6. The highest BCUT2D eigenvalue weighted by atomic mass is 16.6. The summed E-state index contributed by atoms with van der Waals surface area (Å²) < 4.78 is 17.2. The van der Waals surface area contributed by atoms with Crippen LogP contribution in [-0.2, 0) is 4.79 Å². The Labute approximate surface area is 182 Å². The molecule has 0 radical (unpaired) electrons. The van der Waals surface area contributed by atoms with Gasteiger partial charge in [-0.25, -0.2) is 0 Å². The molecule has 0 saturated heterocycles. The third-order valence-electron chi connectivity index (χ3n) is 5.34. The predicted molar refractivity (Wildman–Crippen MR) is 119 cm³/mol. The number of hydrogen-bond acceptors (Lipinski definition) is 4. The summed E-state index contributed by atoms with van der Waals surface area (Å²) in [5, 5.41) is 3.04. The van der Waals surface area contributed by atoms with Crippen LogP contribution in [0.2, 0.25) is 0 Å². The Morgan fingerprint density at radius 1 is 1.06 bits per heavy atom. The van der Waals surface area contributed by atoms with Gasteiger partial charge in [0.15, 0.2) is 23.6 Å². The van der Waals surface area contributed by atoms with Gasteiger partial charge in [0.1, 0.15) is 18.9 Å². The van der Waals surface area contributed by atoms with E-state index >= 15 is 0 Å². The number of carbonyl (C=O) groups is 1.